The fourth-order valence-corrected chi connectivity index (χ4v) is 4.04. The Morgan fingerprint density at radius 1 is 0.970 bits per heavy atom. The minimum atomic E-state index is -0.0599. The summed E-state index contributed by atoms with van der Waals surface area (Å²) in [6, 6.07) is 7.24. The maximum absolute atomic E-state index is 12.7. The molecule has 0 radical (unpaired) electrons. The summed E-state index contributed by atoms with van der Waals surface area (Å²) < 4.78 is 11.3. The summed E-state index contributed by atoms with van der Waals surface area (Å²) in [5.74, 6) is 3.25. The number of aromatic nitrogens is 2. The van der Waals surface area contributed by atoms with Crippen LogP contribution in [0.5, 0.6) is 11.5 Å². The number of carbonyl (C=O) groups is 2. The van der Waals surface area contributed by atoms with E-state index in [4.69, 9.17) is 14.5 Å². The van der Waals surface area contributed by atoms with Crippen LogP contribution >= 0.6 is 0 Å². The van der Waals surface area contributed by atoms with Crippen LogP contribution in [0.15, 0.2) is 24.3 Å². The molecular formula is C25H32N4O4. The van der Waals surface area contributed by atoms with E-state index < -0.39 is 0 Å². The number of hydrogen-bond donors (Lipinski definition) is 0. The first kappa shape index (κ1) is 23.0. The summed E-state index contributed by atoms with van der Waals surface area (Å²) in [6.07, 6.45) is 1.20. The molecule has 0 saturated carbocycles. The molecule has 8 heteroatoms. The second-order valence-electron chi connectivity index (χ2n) is 8.88. The van der Waals surface area contributed by atoms with E-state index in [1.165, 1.54) is 0 Å². The van der Waals surface area contributed by atoms with Gasteiger partial charge in [0, 0.05) is 68.7 Å². The molecule has 1 fully saturated rings. The highest BCUT2D eigenvalue weighted by atomic mass is 16.5. The number of piperazine rings is 1. The Morgan fingerprint density at radius 2 is 1.70 bits per heavy atom. The summed E-state index contributed by atoms with van der Waals surface area (Å²) in [5, 5.41) is 0. The number of ketones is 1. The van der Waals surface area contributed by atoms with Crippen LogP contribution in [0.1, 0.15) is 60.9 Å². The molecule has 3 heterocycles. The molecule has 0 spiro atoms. The molecule has 2 aliphatic heterocycles. The minimum absolute atomic E-state index is 0.0130. The van der Waals surface area contributed by atoms with E-state index in [1.807, 2.05) is 17.9 Å². The molecular weight excluding hydrogens is 420 g/mol. The molecule has 0 N–H and O–H groups in total. The lowest BCUT2D eigenvalue weighted by molar-refractivity contribution is -0.131. The van der Waals surface area contributed by atoms with Crippen molar-refractivity contribution in [2.75, 3.05) is 44.3 Å². The average molecular weight is 453 g/mol. The van der Waals surface area contributed by atoms with E-state index in [0.717, 1.165) is 36.8 Å². The number of Topliss-reactive ketones (excluding diaryl/α,β-unsaturated/α-hetero) is 1. The quantitative estimate of drug-likeness (QED) is 0.621. The molecule has 1 aromatic carbocycles. The van der Waals surface area contributed by atoms with Crippen molar-refractivity contribution in [3.05, 3.63) is 41.3 Å². The second kappa shape index (κ2) is 10.2. The number of fused-ring (bicyclic) bond motifs is 1. The molecule has 8 nitrogen and oxygen atoms in total. The molecule has 176 valence electrons. The predicted molar refractivity (Wildman–Crippen MR) is 125 cm³/mol. The van der Waals surface area contributed by atoms with Gasteiger partial charge in [-0.25, -0.2) is 9.97 Å². The number of nitrogens with zero attached hydrogens (tertiary/aromatic N) is 4. The molecule has 1 aromatic heterocycles. The number of hydrogen-bond acceptors (Lipinski definition) is 7. The van der Waals surface area contributed by atoms with Gasteiger partial charge in [0.25, 0.3) is 0 Å². The first-order valence-electron chi connectivity index (χ1n) is 11.7. The van der Waals surface area contributed by atoms with E-state index in [-0.39, 0.29) is 30.4 Å². The largest absolute Gasteiger partial charge is 0.490 e. The fourth-order valence-electron chi connectivity index (χ4n) is 4.04. The van der Waals surface area contributed by atoms with Crippen molar-refractivity contribution in [3.63, 3.8) is 0 Å². The summed E-state index contributed by atoms with van der Waals surface area (Å²) in [6.45, 7) is 10.0. The highest BCUT2D eigenvalue weighted by molar-refractivity contribution is 5.98. The SMILES string of the molecule is Cc1cc(N2CCN(C(=O)CCC(=O)c3ccc4c(c3)OCCCO4)CC2)nc(C(C)C)n1. The molecule has 2 aliphatic rings. The van der Waals surface area contributed by atoms with Gasteiger partial charge in [-0.1, -0.05) is 13.8 Å². The van der Waals surface area contributed by atoms with E-state index in [2.05, 4.69) is 23.7 Å². The molecule has 0 aliphatic carbocycles. The molecule has 0 atom stereocenters. The van der Waals surface area contributed by atoms with Gasteiger partial charge in [0.1, 0.15) is 11.6 Å². The minimum Gasteiger partial charge on any atom is -0.490 e. The first-order chi connectivity index (χ1) is 15.9. The molecule has 4 rings (SSSR count). The Hall–Kier alpha value is -3.16. The van der Waals surface area contributed by atoms with E-state index in [9.17, 15) is 9.59 Å². The maximum atomic E-state index is 12.7. The third-order valence-corrected chi connectivity index (χ3v) is 5.97. The van der Waals surface area contributed by atoms with Gasteiger partial charge in [-0.2, -0.15) is 0 Å². The van der Waals surface area contributed by atoms with Gasteiger partial charge in [0.05, 0.1) is 13.2 Å². The molecule has 1 saturated heterocycles. The molecule has 0 unspecified atom stereocenters. The van der Waals surface area contributed by atoms with Crippen molar-refractivity contribution >= 4 is 17.5 Å². The Morgan fingerprint density at radius 3 is 2.42 bits per heavy atom. The number of ether oxygens (including phenoxy) is 2. The monoisotopic (exact) mass is 452 g/mol. The van der Waals surface area contributed by atoms with Crippen molar-refractivity contribution in [2.45, 2.75) is 46.0 Å². The van der Waals surface area contributed by atoms with Crippen LogP contribution in [0.2, 0.25) is 0 Å². The maximum Gasteiger partial charge on any atom is 0.223 e. The lowest BCUT2D eigenvalue weighted by Crippen LogP contribution is -2.49. The van der Waals surface area contributed by atoms with Gasteiger partial charge in [0.15, 0.2) is 17.3 Å². The standard InChI is InChI=1S/C25H32N4O4/c1-17(2)25-26-18(3)15-23(27-25)28-9-11-29(12-10-28)24(31)8-6-20(30)19-5-7-21-22(16-19)33-14-4-13-32-21/h5,7,15-17H,4,6,8-14H2,1-3H3. The average Bonchev–Trinajstić information content (AvgIpc) is 3.07. The van der Waals surface area contributed by atoms with E-state index in [0.29, 0.717) is 43.4 Å². The van der Waals surface area contributed by atoms with Gasteiger partial charge in [-0.15, -0.1) is 0 Å². The number of anilines is 1. The predicted octanol–water partition coefficient (Wildman–Crippen LogP) is 3.38. The second-order valence-corrected chi connectivity index (χ2v) is 8.88. The van der Waals surface area contributed by atoms with Gasteiger partial charge in [-0.3, -0.25) is 9.59 Å². The topological polar surface area (TPSA) is 84.9 Å². The zero-order valence-corrected chi connectivity index (χ0v) is 19.7. The van der Waals surface area contributed by atoms with Crippen LogP contribution in [-0.2, 0) is 4.79 Å². The van der Waals surface area contributed by atoms with Crippen LogP contribution in [0.25, 0.3) is 0 Å². The Bertz CT molecular complexity index is 1020. The molecule has 2 aromatic rings. The summed E-state index contributed by atoms with van der Waals surface area (Å²) >= 11 is 0. The van der Waals surface area contributed by atoms with Crippen LogP contribution < -0.4 is 14.4 Å². The van der Waals surface area contributed by atoms with Crippen molar-refractivity contribution in [1.29, 1.82) is 0 Å². The van der Waals surface area contributed by atoms with Crippen LogP contribution in [-0.4, -0.2) is 66.0 Å². The molecule has 1 amide bonds. The molecule has 33 heavy (non-hydrogen) atoms. The number of amides is 1. The normalized spacial score (nSPS) is 16.0. The Labute approximate surface area is 194 Å². The number of benzene rings is 1. The van der Waals surface area contributed by atoms with Crippen molar-refractivity contribution in [3.8, 4) is 11.5 Å². The summed E-state index contributed by atoms with van der Waals surface area (Å²) in [7, 11) is 0. The van der Waals surface area contributed by atoms with Crippen LogP contribution in [0, 0.1) is 6.92 Å². The van der Waals surface area contributed by atoms with Crippen LogP contribution in [0.3, 0.4) is 0 Å². The highest BCUT2D eigenvalue weighted by Crippen LogP contribution is 2.31. The van der Waals surface area contributed by atoms with Crippen molar-refractivity contribution in [1.82, 2.24) is 14.9 Å². The van der Waals surface area contributed by atoms with Crippen molar-refractivity contribution in [2.24, 2.45) is 0 Å². The highest BCUT2D eigenvalue weighted by Gasteiger charge is 2.23. The Kier molecular flexibility index (Phi) is 7.11. The lowest BCUT2D eigenvalue weighted by Gasteiger charge is -2.35. The number of rotatable bonds is 6. The summed E-state index contributed by atoms with van der Waals surface area (Å²) in [4.78, 5) is 38.7. The third-order valence-electron chi connectivity index (χ3n) is 5.97. The molecule has 0 bridgehead atoms. The van der Waals surface area contributed by atoms with Gasteiger partial charge in [-0.05, 0) is 25.1 Å². The van der Waals surface area contributed by atoms with Crippen molar-refractivity contribution < 1.29 is 19.1 Å². The lowest BCUT2D eigenvalue weighted by atomic mass is 10.1. The van der Waals surface area contributed by atoms with Gasteiger partial charge < -0.3 is 19.3 Å². The fraction of sp³-hybridized carbons (Fsp3) is 0.520. The Balaban J connectivity index is 1.29. The third kappa shape index (κ3) is 5.61. The van der Waals surface area contributed by atoms with Gasteiger partial charge in [0.2, 0.25) is 5.91 Å². The van der Waals surface area contributed by atoms with E-state index >= 15 is 0 Å². The summed E-state index contributed by atoms with van der Waals surface area (Å²) in [5.41, 5.74) is 1.51. The number of carbonyl (C=O) groups excluding carboxylic acids is 2. The van der Waals surface area contributed by atoms with Gasteiger partial charge >= 0.3 is 0 Å². The first-order valence-corrected chi connectivity index (χ1v) is 11.7. The van der Waals surface area contributed by atoms with Crippen LogP contribution in [0.4, 0.5) is 5.82 Å². The zero-order chi connectivity index (χ0) is 23.4. The smallest absolute Gasteiger partial charge is 0.223 e. The number of aryl methyl sites for hydroxylation is 1. The van der Waals surface area contributed by atoms with E-state index in [1.54, 1.807) is 18.2 Å². The zero-order valence-electron chi connectivity index (χ0n) is 19.7.